The SMILES string of the molecule is C#CN(C(=O)C(CCC(N)=O)NC(=O)OC(C)(C)C)C(C(=O)NC1CCCCC1)c1ccccc1. The Hall–Kier alpha value is -3.54. The molecule has 0 aromatic heterocycles. The number of benzene rings is 1. The summed E-state index contributed by atoms with van der Waals surface area (Å²) in [6.45, 7) is 5.05. The Morgan fingerprint density at radius 2 is 1.77 bits per heavy atom. The monoisotopic (exact) mass is 484 g/mol. The molecule has 1 fully saturated rings. The Bertz CT molecular complexity index is 929. The van der Waals surface area contributed by atoms with Gasteiger partial charge in [-0.3, -0.25) is 19.3 Å². The van der Waals surface area contributed by atoms with E-state index in [1.165, 1.54) is 0 Å². The fraction of sp³-hybridized carbons (Fsp3) is 0.538. The first-order chi connectivity index (χ1) is 16.5. The molecule has 190 valence electrons. The van der Waals surface area contributed by atoms with Crippen molar-refractivity contribution in [1.82, 2.24) is 15.5 Å². The average Bonchev–Trinajstić information content (AvgIpc) is 2.79. The topological polar surface area (TPSA) is 131 Å². The lowest BCUT2D eigenvalue weighted by Gasteiger charge is -2.32. The van der Waals surface area contributed by atoms with Gasteiger partial charge in [-0.1, -0.05) is 56.0 Å². The first-order valence-electron chi connectivity index (χ1n) is 11.9. The number of nitrogens with two attached hydrogens (primary N) is 1. The van der Waals surface area contributed by atoms with Gasteiger partial charge in [0.1, 0.15) is 17.7 Å². The molecule has 0 heterocycles. The molecule has 1 aliphatic rings. The van der Waals surface area contributed by atoms with Gasteiger partial charge in [-0.25, -0.2) is 4.79 Å². The third-order valence-electron chi connectivity index (χ3n) is 5.62. The van der Waals surface area contributed by atoms with Crippen LogP contribution in [0.4, 0.5) is 4.79 Å². The largest absolute Gasteiger partial charge is 0.444 e. The molecular formula is C26H36N4O5. The van der Waals surface area contributed by atoms with Gasteiger partial charge in [0.05, 0.1) is 0 Å². The second kappa shape index (κ2) is 12.8. The lowest BCUT2D eigenvalue weighted by molar-refractivity contribution is -0.139. The highest BCUT2D eigenvalue weighted by molar-refractivity contribution is 5.93. The number of hydrogen-bond donors (Lipinski definition) is 3. The number of primary amides is 1. The molecule has 9 heteroatoms. The van der Waals surface area contributed by atoms with Crippen LogP contribution in [0.1, 0.15) is 77.3 Å². The van der Waals surface area contributed by atoms with Crippen LogP contribution in [0.25, 0.3) is 0 Å². The molecule has 2 atom stereocenters. The Kier molecular flexibility index (Phi) is 10.1. The summed E-state index contributed by atoms with van der Waals surface area (Å²) in [4.78, 5) is 51.8. The number of carbonyl (C=O) groups excluding carboxylic acids is 4. The highest BCUT2D eigenvalue weighted by Gasteiger charge is 2.36. The van der Waals surface area contributed by atoms with Crippen LogP contribution in [0.5, 0.6) is 0 Å². The van der Waals surface area contributed by atoms with Crippen molar-refractivity contribution < 1.29 is 23.9 Å². The summed E-state index contributed by atoms with van der Waals surface area (Å²) < 4.78 is 5.26. The van der Waals surface area contributed by atoms with Crippen LogP contribution in [0.15, 0.2) is 30.3 Å². The zero-order valence-corrected chi connectivity index (χ0v) is 20.7. The maximum absolute atomic E-state index is 13.6. The minimum Gasteiger partial charge on any atom is -0.444 e. The minimum absolute atomic E-state index is 0.00253. The van der Waals surface area contributed by atoms with Crippen molar-refractivity contribution in [2.24, 2.45) is 5.73 Å². The van der Waals surface area contributed by atoms with E-state index in [0.717, 1.165) is 37.0 Å². The maximum atomic E-state index is 13.6. The Balaban J connectivity index is 2.34. The fourth-order valence-electron chi connectivity index (χ4n) is 4.01. The summed E-state index contributed by atoms with van der Waals surface area (Å²) >= 11 is 0. The molecule has 4 amide bonds. The van der Waals surface area contributed by atoms with Crippen molar-refractivity contribution in [2.45, 2.75) is 89.4 Å². The number of nitrogens with one attached hydrogen (secondary N) is 2. The van der Waals surface area contributed by atoms with Gasteiger partial charge in [0.25, 0.3) is 5.91 Å². The van der Waals surface area contributed by atoms with E-state index in [1.54, 1.807) is 51.1 Å². The van der Waals surface area contributed by atoms with Gasteiger partial charge in [0.15, 0.2) is 0 Å². The zero-order chi connectivity index (χ0) is 26.0. The Morgan fingerprint density at radius 3 is 2.31 bits per heavy atom. The smallest absolute Gasteiger partial charge is 0.408 e. The van der Waals surface area contributed by atoms with E-state index in [1.807, 2.05) is 0 Å². The van der Waals surface area contributed by atoms with Crippen molar-refractivity contribution >= 4 is 23.8 Å². The van der Waals surface area contributed by atoms with Gasteiger partial charge in [-0.05, 0) is 45.6 Å². The van der Waals surface area contributed by atoms with Crippen LogP contribution in [0, 0.1) is 12.5 Å². The van der Waals surface area contributed by atoms with E-state index in [2.05, 4.69) is 16.7 Å². The zero-order valence-electron chi connectivity index (χ0n) is 20.7. The van der Waals surface area contributed by atoms with Gasteiger partial charge in [-0.2, -0.15) is 0 Å². The number of terminal acetylenes is 1. The summed E-state index contributed by atoms with van der Waals surface area (Å²) in [7, 11) is 0. The normalized spacial score (nSPS) is 15.7. The first-order valence-corrected chi connectivity index (χ1v) is 11.9. The Labute approximate surface area is 207 Å². The van der Waals surface area contributed by atoms with Crippen LogP contribution < -0.4 is 16.4 Å². The van der Waals surface area contributed by atoms with E-state index < -0.39 is 41.5 Å². The van der Waals surface area contributed by atoms with Crippen LogP contribution in [-0.2, 0) is 19.1 Å². The van der Waals surface area contributed by atoms with Crippen LogP contribution >= 0.6 is 0 Å². The van der Waals surface area contributed by atoms with Gasteiger partial charge in [-0.15, -0.1) is 0 Å². The number of nitrogens with zero attached hydrogens (tertiary/aromatic N) is 1. The summed E-state index contributed by atoms with van der Waals surface area (Å²) in [5.41, 5.74) is 4.99. The highest BCUT2D eigenvalue weighted by Crippen LogP contribution is 2.24. The average molecular weight is 485 g/mol. The second-order valence-corrected chi connectivity index (χ2v) is 9.70. The van der Waals surface area contributed by atoms with Crippen molar-refractivity contribution in [3.05, 3.63) is 35.9 Å². The molecule has 0 bridgehead atoms. The second-order valence-electron chi connectivity index (χ2n) is 9.70. The molecule has 0 aliphatic heterocycles. The molecule has 1 saturated carbocycles. The molecule has 0 radical (unpaired) electrons. The molecule has 1 aromatic carbocycles. The summed E-state index contributed by atoms with van der Waals surface area (Å²) in [5.74, 6) is -1.76. The van der Waals surface area contributed by atoms with E-state index in [0.29, 0.717) is 5.56 Å². The van der Waals surface area contributed by atoms with E-state index in [9.17, 15) is 19.2 Å². The van der Waals surface area contributed by atoms with E-state index >= 15 is 0 Å². The quantitative estimate of drug-likeness (QED) is 0.366. The fourth-order valence-corrected chi connectivity index (χ4v) is 4.01. The molecule has 0 saturated heterocycles. The Morgan fingerprint density at radius 1 is 1.14 bits per heavy atom. The van der Waals surface area contributed by atoms with Crippen molar-refractivity contribution in [1.29, 1.82) is 0 Å². The molecule has 35 heavy (non-hydrogen) atoms. The number of ether oxygens (including phenoxy) is 1. The molecular weight excluding hydrogens is 448 g/mol. The van der Waals surface area contributed by atoms with E-state index in [-0.39, 0.29) is 18.9 Å². The van der Waals surface area contributed by atoms with Gasteiger partial charge in [0, 0.05) is 18.5 Å². The molecule has 2 unspecified atom stereocenters. The number of carbonyl (C=O) groups is 4. The molecule has 2 rings (SSSR count). The van der Waals surface area contributed by atoms with Gasteiger partial charge < -0.3 is 21.1 Å². The number of hydrogen-bond acceptors (Lipinski definition) is 5. The molecule has 9 nitrogen and oxygen atoms in total. The highest BCUT2D eigenvalue weighted by atomic mass is 16.6. The summed E-state index contributed by atoms with van der Waals surface area (Å²) in [6, 6.07) is 8.70. The summed E-state index contributed by atoms with van der Waals surface area (Å²) in [6.07, 6.45) is 9.52. The number of amides is 4. The van der Waals surface area contributed by atoms with Gasteiger partial charge in [0.2, 0.25) is 11.8 Å². The van der Waals surface area contributed by atoms with Crippen LogP contribution in [0.2, 0.25) is 0 Å². The van der Waals surface area contributed by atoms with E-state index in [4.69, 9.17) is 16.9 Å². The van der Waals surface area contributed by atoms with Crippen molar-refractivity contribution in [3.63, 3.8) is 0 Å². The molecule has 0 spiro atoms. The molecule has 1 aliphatic carbocycles. The predicted molar refractivity (Wildman–Crippen MR) is 131 cm³/mol. The van der Waals surface area contributed by atoms with Gasteiger partial charge >= 0.3 is 6.09 Å². The molecule has 1 aromatic rings. The minimum atomic E-state index is -1.22. The summed E-state index contributed by atoms with van der Waals surface area (Å²) in [5, 5.41) is 5.52. The van der Waals surface area contributed by atoms with Crippen LogP contribution in [-0.4, -0.2) is 46.4 Å². The standard InChI is InChI=1S/C26H36N4O5/c1-5-30(24(33)20(16-17-21(27)31)29-25(34)35-26(2,3)4)22(18-12-8-6-9-13-18)23(32)28-19-14-10-7-11-15-19/h1,6,8-9,12-13,19-20,22H,7,10-11,14-17H2,2-4H3,(H2,27,31)(H,28,32)(H,29,34). The lowest BCUT2D eigenvalue weighted by atomic mass is 9.94. The van der Waals surface area contributed by atoms with Crippen molar-refractivity contribution in [3.8, 4) is 12.5 Å². The lowest BCUT2D eigenvalue weighted by Crippen LogP contribution is -2.52. The predicted octanol–water partition coefficient (Wildman–Crippen LogP) is 2.75. The third-order valence-corrected chi connectivity index (χ3v) is 5.62. The first kappa shape index (κ1) is 27.7. The number of alkyl carbamates (subject to hydrolysis) is 1. The number of rotatable bonds is 9. The third kappa shape index (κ3) is 8.96. The van der Waals surface area contributed by atoms with Crippen molar-refractivity contribution in [2.75, 3.05) is 0 Å². The maximum Gasteiger partial charge on any atom is 0.408 e. The van der Waals surface area contributed by atoms with Crippen LogP contribution in [0.3, 0.4) is 0 Å². The molecule has 4 N–H and O–H groups in total.